The van der Waals surface area contributed by atoms with Crippen LogP contribution >= 0.6 is 0 Å². The van der Waals surface area contributed by atoms with Gasteiger partial charge in [-0.25, -0.2) is 0 Å². The van der Waals surface area contributed by atoms with Crippen LogP contribution < -0.4 is 4.74 Å². The summed E-state index contributed by atoms with van der Waals surface area (Å²) in [6, 6.07) is 14.4. The smallest absolute Gasteiger partial charge is 0.138 e. The maximum absolute atomic E-state index is 6.03. The van der Waals surface area contributed by atoms with Gasteiger partial charge in [0.05, 0.1) is 35.6 Å². The predicted octanol–water partition coefficient (Wildman–Crippen LogP) is 5.90. The molecule has 0 spiro atoms. The van der Waals surface area contributed by atoms with Crippen molar-refractivity contribution in [3.63, 3.8) is 0 Å². The zero-order chi connectivity index (χ0) is 24.6. The van der Waals surface area contributed by atoms with Gasteiger partial charge in [-0.3, -0.25) is 20.0 Å². The first kappa shape index (κ1) is 21.8. The van der Waals surface area contributed by atoms with E-state index in [1.807, 2.05) is 18.3 Å². The molecule has 0 unspecified atom stereocenters. The van der Waals surface area contributed by atoms with Gasteiger partial charge in [0, 0.05) is 46.4 Å². The Morgan fingerprint density at radius 1 is 0.892 bits per heavy atom. The van der Waals surface area contributed by atoms with E-state index in [9.17, 15) is 0 Å². The molecule has 1 aliphatic heterocycles. The topological polar surface area (TPSA) is 95.9 Å². The van der Waals surface area contributed by atoms with Crippen molar-refractivity contribution in [2.75, 3.05) is 26.2 Å². The maximum Gasteiger partial charge on any atom is 0.138 e. The molecule has 1 fully saturated rings. The lowest BCUT2D eigenvalue weighted by atomic mass is 10.0. The fourth-order valence-electron chi connectivity index (χ4n) is 5.16. The number of rotatable bonds is 7. The van der Waals surface area contributed by atoms with E-state index in [0.29, 0.717) is 6.61 Å². The van der Waals surface area contributed by atoms with E-state index in [1.165, 1.54) is 25.9 Å². The molecule has 37 heavy (non-hydrogen) atoms. The van der Waals surface area contributed by atoms with Crippen molar-refractivity contribution in [1.29, 1.82) is 0 Å². The van der Waals surface area contributed by atoms with Crippen molar-refractivity contribution in [3.05, 3.63) is 73.6 Å². The van der Waals surface area contributed by atoms with Crippen molar-refractivity contribution in [3.8, 4) is 39.5 Å². The van der Waals surface area contributed by atoms with Gasteiger partial charge in [0.25, 0.3) is 0 Å². The quantitative estimate of drug-likeness (QED) is 0.289. The highest BCUT2D eigenvalue weighted by atomic mass is 16.5. The van der Waals surface area contributed by atoms with Crippen LogP contribution in [0.15, 0.2) is 78.0 Å². The number of benzene rings is 1. The molecule has 0 radical (unpaired) electrons. The van der Waals surface area contributed by atoms with Gasteiger partial charge in [-0.15, -0.1) is 0 Å². The fraction of sp³-hybridized carbons (Fsp3) is 0.207. The molecule has 184 valence electrons. The Bertz CT molecular complexity index is 1680. The Labute approximate surface area is 213 Å². The number of likely N-dealkylation sites (tertiary alicyclic amines) is 1. The minimum absolute atomic E-state index is 0.673. The number of fused-ring (bicyclic) bond motifs is 2. The van der Waals surface area contributed by atoms with Gasteiger partial charge >= 0.3 is 0 Å². The second-order valence-electron chi connectivity index (χ2n) is 9.45. The second kappa shape index (κ2) is 9.22. The summed E-state index contributed by atoms with van der Waals surface area (Å²) in [6.07, 6.45) is 11.4. The molecule has 1 saturated heterocycles. The van der Waals surface area contributed by atoms with E-state index in [1.54, 1.807) is 24.9 Å². The molecule has 0 bridgehead atoms. The second-order valence-corrected chi connectivity index (χ2v) is 9.45. The summed E-state index contributed by atoms with van der Waals surface area (Å²) < 4.78 is 11.3. The third-order valence-corrected chi connectivity index (χ3v) is 7.08. The van der Waals surface area contributed by atoms with E-state index >= 15 is 0 Å². The molecular formula is C29H26N6O2. The first-order chi connectivity index (χ1) is 18.3. The number of hydrogen-bond donors (Lipinski definition) is 2. The van der Waals surface area contributed by atoms with Crippen LogP contribution in [0.3, 0.4) is 0 Å². The number of ether oxygens (including phenoxy) is 1. The Morgan fingerprint density at radius 3 is 2.70 bits per heavy atom. The summed E-state index contributed by atoms with van der Waals surface area (Å²) in [5, 5.41) is 9.87. The summed E-state index contributed by atoms with van der Waals surface area (Å²) in [5.74, 6) is 0.791. The van der Waals surface area contributed by atoms with Crippen LogP contribution in [0.4, 0.5) is 0 Å². The van der Waals surface area contributed by atoms with Gasteiger partial charge in [0.15, 0.2) is 0 Å². The molecular weight excluding hydrogens is 464 g/mol. The molecule has 8 heteroatoms. The van der Waals surface area contributed by atoms with E-state index in [2.05, 4.69) is 60.4 Å². The third kappa shape index (κ3) is 4.15. The first-order valence-electron chi connectivity index (χ1n) is 12.6. The molecule has 0 saturated carbocycles. The van der Waals surface area contributed by atoms with Crippen molar-refractivity contribution >= 4 is 21.8 Å². The molecule has 0 atom stereocenters. The number of furan rings is 1. The van der Waals surface area contributed by atoms with Crippen molar-refractivity contribution in [2.45, 2.75) is 12.8 Å². The van der Waals surface area contributed by atoms with E-state index < -0.39 is 0 Å². The Kier molecular flexibility index (Phi) is 5.44. The van der Waals surface area contributed by atoms with Crippen molar-refractivity contribution < 1.29 is 9.15 Å². The third-order valence-electron chi connectivity index (χ3n) is 7.08. The number of pyridine rings is 2. The van der Waals surface area contributed by atoms with Crippen LogP contribution in [-0.4, -0.2) is 56.3 Å². The van der Waals surface area contributed by atoms with Crippen LogP contribution in [0.1, 0.15) is 12.8 Å². The minimum Gasteiger partial charge on any atom is -0.491 e. The maximum atomic E-state index is 6.03. The highest BCUT2D eigenvalue weighted by molar-refractivity contribution is 6.00. The van der Waals surface area contributed by atoms with Gasteiger partial charge in [-0.1, -0.05) is 6.07 Å². The van der Waals surface area contributed by atoms with Crippen molar-refractivity contribution in [1.82, 2.24) is 30.0 Å². The van der Waals surface area contributed by atoms with Crippen LogP contribution in [0, 0.1) is 0 Å². The van der Waals surface area contributed by atoms with Gasteiger partial charge in [-0.2, -0.15) is 5.10 Å². The summed E-state index contributed by atoms with van der Waals surface area (Å²) >= 11 is 0. The summed E-state index contributed by atoms with van der Waals surface area (Å²) in [6.45, 7) is 3.97. The fourth-order valence-corrected chi connectivity index (χ4v) is 5.16. The van der Waals surface area contributed by atoms with Gasteiger partial charge in [0.2, 0.25) is 0 Å². The van der Waals surface area contributed by atoms with Crippen LogP contribution in [0.2, 0.25) is 0 Å². The molecule has 6 aromatic rings. The van der Waals surface area contributed by atoms with Crippen LogP contribution in [0.5, 0.6) is 5.75 Å². The highest BCUT2D eigenvalue weighted by Crippen LogP contribution is 2.34. The molecule has 8 nitrogen and oxygen atoms in total. The Balaban J connectivity index is 1.20. The average molecular weight is 491 g/mol. The summed E-state index contributed by atoms with van der Waals surface area (Å²) in [5.41, 5.74) is 7.64. The number of aromatic amines is 2. The first-order valence-corrected chi connectivity index (χ1v) is 12.6. The zero-order valence-corrected chi connectivity index (χ0v) is 20.3. The summed E-state index contributed by atoms with van der Waals surface area (Å²) in [4.78, 5) is 15.0. The largest absolute Gasteiger partial charge is 0.491 e. The Hall–Kier alpha value is -4.43. The monoisotopic (exact) mass is 490 g/mol. The van der Waals surface area contributed by atoms with Crippen LogP contribution in [-0.2, 0) is 0 Å². The van der Waals surface area contributed by atoms with Crippen LogP contribution in [0.25, 0.3) is 55.6 Å². The Morgan fingerprint density at radius 2 is 1.81 bits per heavy atom. The average Bonchev–Trinajstić information content (AvgIpc) is 3.74. The van der Waals surface area contributed by atoms with E-state index in [4.69, 9.17) is 9.15 Å². The highest BCUT2D eigenvalue weighted by Gasteiger charge is 2.16. The lowest BCUT2D eigenvalue weighted by molar-refractivity contribution is 0.237. The minimum atomic E-state index is 0.673. The number of nitrogens with one attached hydrogen (secondary N) is 2. The van der Waals surface area contributed by atoms with Gasteiger partial charge in [-0.05, 0) is 67.9 Å². The standard InChI is InChI=1S/C29H26N6O2/c1-2-9-35(8-1)10-12-37-22-13-21(16-30-17-22)19-3-4-26-23(14-19)29(34-33-26)27-15-24-25(32-27)5-7-31-28(24)20-6-11-36-18-20/h3-7,11,13-18,32H,1-2,8-10,12H2,(H,33,34). The van der Waals surface area contributed by atoms with Gasteiger partial charge < -0.3 is 14.1 Å². The number of hydrogen-bond acceptors (Lipinski definition) is 6. The van der Waals surface area contributed by atoms with E-state index in [-0.39, 0.29) is 0 Å². The lowest BCUT2D eigenvalue weighted by Gasteiger charge is -2.15. The zero-order valence-electron chi connectivity index (χ0n) is 20.3. The molecule has 1 aliphatic rings. The van der Waals surface area contributed by atoms with Gasteiger partial charge in [0.1, 0.15) is 18.1 Å². The molecule has 0 amide bonds. The molecule has 1 aromatic carbocycles. The molecule has 5 aromatic heterocycles. The van der Waals surface area contributed by atoms with E-state index in [0.717, 1.165) is 67.9 Å². The SMILES string of the molecule is c1cc2[nH]c(-c3n[nH]c4ccc(-c5cncc(OCCN6CCCC6)c5)cc34)cc2c(-c2ccoc2)n1. The lowest BCUT2D eigenvalue weighted by Crippen LogP contribution is -2.25. The van der Waals surface area contributed by atoms with Crippen molar-refractivity contribution in [2.24, 2.45) is 0 Å². The predicted molar refractivity (Wildman–Crippen MR) is 143 cm³/mol. The summed E-state index contributed by atoms with van der Waals surface area (Å²) in [7, 11) is 0. The molecule has 0 aliphatic carbocycles. The normalized spacial score (nSPS) is 14.2. The number of H-pyrrole nitrogens is 2. The molecule has 6 heterocycles. The number of aromatic nitrogens is 5. The molecule has 2 N–H and O–H groups in total. The number of nitrogens with zero attached hydrogens (tertiary/aromatic N) is 4. The molecule has 7 rings (SSSR count).